The monoisotopic (exact) mass is 584 g/mol. The SMILES string of the molecule is CN(CC(=O)N[C@H]1CCCN(C(=N)N)C1O)C(=O)[C@@H](CCCN=C(N)N[N+](=O)[O-])NS(=O)(=O)Cc1ccccc1. The molecule has 1 fully saturated rings. The molecule has 2 amide bonds. The molecule has 3 atom stereocenters. The van der Waals surface area contributed by atoms with Gasteiger partial charge in [-0.15, -0.1) is 0 Å². The second-order valence-electron chi connectivity index (χ2n) is 9.20. The molecular formula is C22H36N10O7S. The molecule has 1 aromatic carbocycles. The van der Waals surface area contributed by atoms with Crippen LogP contribution >= 0.6 is 0 Å². The van der Waals surface area contributed by atoms with E-state index in [0.717, 1.165) is 4.90 Å². The zero-order valence-electron chi connectivity index (χ0n) is 22.0. The minimum atomic E-state index is -3.99. The molecule has 1 aliphatic rings. The lowest BCUT2D eigenvalue weighted by atomic mass is 10.0. The van der Waals surface area contributed by atoms with Crippen LogP contribution in [0.15, 0.2) is 35.3 Å². The summed E-state index contributed by atoms with van der Waals surface area (Å²) in [6.45, 7) is -0.103. The summed E-state index contributed by atoms with van der Waals surface area (Å²) >= 11 is 0. The number of hydrazine groups is 1. The molecule has 1 saturated heterocycles. The molecule has 0 radical (unpaired) electrons. The number of guanidine groups is 2. The number of likely N-dealkylation sites (N-methyl/N-ethyl adjacent to an activating group) is 1. The third-order valence-corrected chi connectivity index (χ3v) is 7.32. The Hall–Kier alpha value is -4.03. The van der Waals surface area contributed by atoms with E-state index in [4.69, 9.17) is 16.9 Å². The number of rotatable bonds is 13. The first kappa shape index (κ1) is 32.2. The number of amides is 2. The van der Waals surface area contributed by atoms with Gasteiger partial charge in [0.2, 0.25) is 21.8 Å². The van der Waals surface area contributed by atoms with Crippen LogP contribution in [0.1, 0.15) is 31.2 Å². The van der Waals surface area contributed by atoms with Gasteiger partial charge in [-0.25, -0.2) is 28.2 Å². The number of benzene rings is 1. The second kappa shape index (κ2) is 14.9. The Bertz CT molecular complexity index is 1180. The van der Waals surface area contributed by atoms with E-state index in [2.05, 4.69) is 15.0 Å². The lowest BCUT2D eigenvalue weighted by molar-refractivity contribution is -0.525. The molecule has 2 rings (SSSR count). The van der Waals surface area contributed by atoms with Gasteiger partial charge in [0, 0.05) is 20.1 Å². The highest BCUT2D eigenvalue weighted by atomic mass is 32.2. The van der Waals surface area contributed by atoms with E-state index < -0.39 is 57.7 Å². The molecular weight excluding hydrogens is 548 g/mol. The zero-order chi connectivity index (χ0) is 29.9. The number of nitro groups is 1. The molecule has 18 heteroatoms. The maximum absolute atomic E-state index is 13.2. The van der Waals surface area contributed by atoms with Crippen LogP contribution < -0.4 is 26.9 Å². The fourth-order valence-corrected chi connectivity index (χ4v) is 5.48. The van der Waals surface area contributed by atoms with Crippen LogP contribution in [0.2, 0.25) is 0 Å². The average molecular weight is 585 g/mol. The number of nitrogens with two attached hydrogens (primary N) is 2. The predicted octanol–water partition coefficient (Wildman–Crippen LogP) is -2.40. The predicted molar refractivity (Wildman–Crippen MR) is 145 cm³/mol. The van der Waals surface area contributed by atoms with Crippen molar-refractivity contribution in [2.24, 2.45) is 16.5 Å². The van der Waals surface area contributed by atoms with E-state index in [1.807, 2.05) is 0 Å². The number of hydrogen-bond acceptors (Lipinski definition) is 9. The van der Waals surface area contributed by atoms with Gasteiger partial charge in [0.05, 0.1) is 18.3 Å². The van der Waals surface area contributed by atoms with Gasteiger partial charge in [0.25, 0.3) is 5.96 Å². The number of nitrogens with zero attached hydrogens (tertiary/aromatic N) is 4. The molecule has 0 spiro atoms. The van der Waals surface area contributed by atoms with Crippen molar-refractivity contribution in [3.8, 4) is 0 Å². The average Bonchev–Trinajstić information content (AvgIpc) is 2.86. The van der Waals surface area contributed by atoms with Crippen molar-refractivity contribution in [1.82, 2.24) is 25.3 Å². The number of sulfonamides is 1. The summed E-state index contributed by atoms with van der Waals surface area (Å²) in [7, 11) is -2.66. The first-order valence-electron chi connectivity index (χ1n) is 12.4. The minimum absolute atomic E-state index is 0.0344. The lowest BCUT2D eigenvalue weighted by Crippen LogP contribution is -2.59. The van der Waals surface area contributed by atoms with E-state index in [9.17, 15) is 33.2 Å². The van der Waals surface area contributed by atoms with Gasteiger partial charge in [0.15, 0.2) is 11.0 Å². The molecule has 1 heterocycles. The number of nitrogens with one attached hydrogen (secondary N) is 4. The zero-order valence-corrected chi connectivity index (χ0v) is 22.8. The Morgan fingerprint density at radius 1 is 1.32 bits per heavy atom. The van der Waals surface area contributed by atoms with Gasteiger partial charge in [-0.3, -0.25) is 15.0 Å². The highest BCUT2D eigenvalue weighted by molar-refractivity contribution is 7.88. The third kappa shape index (κ3) is 10.6. The summed E-state index contributed by atoms with van der Waals surface area (Å²) < 4.78 is 28.1. The van der Waals surface area contributed by atoms with E-state index in [1.165, 1.54) is 11.9 Å². The summed E-state index contributed by atoms with van der Waals surface area (Å²) in [5.41, 5.74) is 13.0. The number of likely N-dealkylation sites (tertiary alicyclic amines) is 1. The first-order valence-corrected chi connectivity index (χ1v) is 14.0. The Kier molecular flexibility index (Phi) is 12.0. The Balaban J connectivity index is 2.07. The molecule has 1 unspecified atom stereocenters. The maximum Gasteiger partial charge on any atom is 0.251 e. The molecule has 1 aliphatic heterocycles. The smallest absolute Gasteiger partial charge is 0.251 e. The summed E-state index contributed by atoms with van der Waals surface area (Å²) in [6.07, 6.45) is -0.0916. The van der Waals surface area contributed by atoms with Crippen molar-refractivity contribution in [3.05, 3.63) is 46.0 Å². The van der Waals surface area contributed by atoms with E-state index in [-0.39, 0.29) is 31.1 Å². The number of aliphatic hydroxyl groups excluding tert-OH is 1. The van der Waals surface area contributed by atoms with E-state index in [0.29, 0.717) is 24.9 Å². The number of carbonyl (C=O) groups is 2. The van der Waals surface area contributed by atoms with Crippen molar-refractivity contribution >= 4 is 33.8 Å². The molecule has 0 aliphatic carbocycles. The summed E-state index contributed by atoms with van der Waals surface area (Å²) in [5.74, 6) is -2.45. The van der Waals surface area contributed by atoms with Gasteiger partial charge >= 0.3 is 0 Å². The highest BCUT2D eigenvalue weighted by Crippen LogP contribution is 2.15. The van der Waals surface area contributed by atoms with E-state index >= 15 is 0 Å². The van der Waals surface area contributed by atoms with Gasteiger partial charge in [0.1, 0.15) is 12.3 Å². The van der Waals surface area contributed by atoms with Crippen LogP contribution in [-0.2, 0) is 25.4 Å². The number of piperidine rings is 1. The summed E-state index contributed by atoms with van der Waals surface area (Å²) in [4.78, 5) is 42.4. The van der Waals surface area contributed by atoms with Crippen LogP contribution in [0.4, 0.5) is 0 Å². The Labute approximate surface area is 231 Å². The molecule has 222 valence electrons. The van der Waals surface area contributed by atoms with Crippen LogP contribution in [0.5, 0.6) is 0 Å². The third-order valence-electron chi connectivity index (χ3n) is 5.96. The minimum Gasteiger partial charge on any atom is -0.371 e. The van der Waals surface area contributed by atoms with Crippen molar-refractivity contribution in [3.63, 3.8) is 0 Å². The molecule has 17 nitrogen and oxygen atoms in total. The van der Waals surface area contributed by atoms with Crippen molar-refractivity contribution < 1.29 is 28.1 Å². The molecule has 0 aromatic heterocycles. The van der Waals surface area contributed by atoms with Crippen molar-refractivity contribution in [2.45, 2.75) is 49.7 Å². The van der Waals surface area contributed by atoms with Crippen molar-refractivity contribution in [1.29, 1.82) is 5.41 Å². The Morgan fingerprint density at radius 3 is 2.62 bits per heavy atom. The number of hydrogen-bond donors (Lipinski definition) is 7. The maximum atomic E-state index is 13.2. The molecule has 0 saturated carbocycles. The standard InChI is InChI=1S/C22H36N10O7S/c1-30(13-18(33)27-16-10-6-12-31(20(16)35)21(23)24)19(34)17(9-5-11-26-22(25)28-32(36)37)29-40(38,39)14-15-7-3-2-4-8-15/h2-4,7-8,16-17,20,29,35H,5-6,9-14H2,1H3,(H3,23,24)(H,27,33)(H3,25,26,28)/t16-,17+,20?/m0/s1. The summed E-state index contributed by atoms with van der Waals surface area (Å²) in [6, 6.07) is 6.36. The topological polar surface area (TPSA) is 262 Å². The van der Waals surface area contributed by atoms with Crippen LogP contribution in [0.3, 0.4) is 0 Å². The van der Waals surface area contributed by atoms with Crippen LogP contribution in [0, 0.1) is 15.5 Å². The molecule has 9 N–H and O–H groups in total. The number of aliphatic hydroxyl groups is 1. The number of carbonyl (C=O) groups excluding carboxylic acids is 2. The normalized spacial score (nSPS) is 18.4. The van der Waals surface area contributed by atoms with E-state index in [1.54, 1.807) is 35.8 Å². The van der Waals surface area contributed by atoms with Crippen molar-refractivity contribution in [2.75, 3.05) is 26.7 Å². The Morgan fingerprint density at radius 2 is 2.00 bits per heavy atom. The number of aliphatic imine (C=N–C) groups is 1. The van der Waals surface area contributed by atoms with Gasteiger partial charge in [-0.05, 0) is 31.2 Å². The fourth-order valence-electron chi connectivity index (χ4n) is 4.11. The highest BCUT2D eigenvalue weighted by Gasteiger charge is 2.33. The van der Waals surface area contributed by atoms with Gasteiger partial charge in [-0.1, -0.05) is 35.8 Å². The quantitative estimate of drug-likeness (QED) is 0.0422. The van der Waals surface area contributed by atoms with Gasteiger partial charge in [-0.2, -0.15) is 0 Å². The second-order valence-corrected chi connectivity index (χ2v) is 10.9. The van der Waals surface area contributed by atoms with Crippen LogP contribution in [0.25, 0.3) is 0 Å². The fraction of sp³-hybridized carbons (Fsp3) is 0.545. The summed E-state index contributed by atoms with van der Waals surface area (Å²) in [5, 5.41) is 30.1. The van der Waals surface area contributed by atoms with Gasteiger partial charge < -0.3 is 31.7 Å². The molecule has 0 bridgehead atoms. The largest absolute Gasteiger partial charge is 0.371 e. The molecule has 1 aromatic rings. The molecule has 40 heavy (non-hydrogen) atoms. The lowest BCUT2D eigenvalue weighted by Gasteiger charge is -2.38. The van der Waals surface area contributed by atoms with Crippen LogP contribution in [-0.4, -0.2) is 97.1 Å². The first-order chi connectivity index (χ1) is 18.8.